The minimum atomic E-state index is -0.391. The fourth-order valence-electron chi connectivity index (χ4n) is 1.63. The highest BCUT2D eigenvalue weighted by Crippen LogP contribution is 2.24. The zero-order valence-electron chi connectivity index (χ0n) is 10.6. The second kappa shape index (κ2) is 7.37. The van der Waals surface area contributed by atoms with E-state index < -0.39 is 5.91 Å². The Bertz CT molecular complexity index is 644. The maximum Gasteiger partial charge on any atom is 0.301 e. The summed E-state index contributed by atoms with van der Waals surface area (Å²) in [7, 11) is 0. The van der Waals surface area contributed by atoms with Gasteiger partial charge < -0.3 is 10.1 Å². The molecule has 0 aliphatic carbocycles. The smallest absolute Gasteiger partial charge is 0.301 e. The molecular formula is C16H12BrNO2. The molecule has 0 saturated heterocycles. The van der Waals surface area contributed by atoms with Crippen LogP contribution in [-0.2, 0) is 11.4 Å². The monoisotopic (exact) mass is 329 g/mol. The zero-order chi connectivity index (χ0) is 14.2. The molecule has 0 unspecified atom stereocenters. The van der Waals surface area contributed by atoms with Gasteiger partial charge in [-0.2, -0.15) is 0 Å². The quantitative estimate of drug-likeness (QED) is 0.871. The second-order valence-corrected chi connectivity index (χ2v) is 4.34. The van der Waals surface area contributed by atoms with Crippen molar-refractivity contribution >= 4 is 27.5 Å². The average Bonchev–Trinajstić information content (AvgIpc) is 2.48. The van der Waals surface area contributed by atoms with E-state index in [0.717, 1.165) is 5.56 Å². The molecule has 20 heavy (non-hydrogen) atoms. The average molecular weight is 330 g/mol. The van der Waals surface area contributed by atoms with Crippen LogP contribution in [0, 0.1) is 10.8 Å². The fourth-order valence-corrected chi connectivity index (χ4v) is 1.81. The Morgan fingerprint density at radius 1 is 1.10 bits per heavy atom. The molecule has 0 spiro atoms. The van der Waals surface area contributed by atoms with E-state index in [0.29, 0.717) is 18.0 Å². The predicted molar refractivity (Wildman–Crippen MR) is 82.5 cm³/mol. The molecule has 3 nitrogen and oxygen atoms in total. The van der Waals surface area contributed by atoms with Gasteiger partial charge in [-0.1, -0.05) is 42.5 Å². The van der Waals surface area contributed by atoms with E-state index in [-0.39, 0.29) is 0 Å². The van der Waals surface area contributed by atoms with Crippen LogP contribution in [0.5, 0.6) is 5.75 Å². The van der Waals surface area contributed by atoms with E-state index in [9.17, 15) is 4.79 Å². The Morgan fingerprint density at radius 3 is 2.55 bits per heavy atom. The zero-order valence-corrected chi connectivity index (χ0v) is 12.2. The third-order valence-electron chi connectivity index (χ3n) is 2.53. The standard InChI is InChI=1S/C16H12BrNO2/c17-11-10-16(19)18-14-8-4-5-9-15(14)20-12-13-6-2-1-3-7-13/h1-9H,12H2,(H,18,19). The summed E-state index contributed by atoms with van der Waals surface area (Å²) in [5.41, 5.74) is 1.66. The molecule has 1 N–H and O–H groups in total. The van der Waals surface area contributed by atoms with Crippen molar-refractivity contribution < 1.29 is 9.53 Å². The van der Waals surface area contributed by atoms with Gasteiger partial charge in [0.15, 0.2) is 0 Å². The Labute approximate surface area is 126 Å². The van der Waals surface area contributed by atoms with Crippen LogP contribution >= 0.6 is 15.9 Å². The van der Waals surface area contributed by atoms with Crippen molar-refractivity contribution in [1.82, 2.24) is 0 Å². The van der Waals surface area contributed by atoms with Crippen molar-refractivity contribution in [3.05, 3.63) is 60.2 Å². The predicted octanol–water partition coefficient (Wildman–Crippen LogP) is 3.56. The van der Waals surface area contributed by atoms with Crippen LogP contribution in [0.2, 0.25) is 0 Å². The summed E-state index contributed by atoms with van der Waals surface area (Å²) in [5.74, 6) is 2.58. The first-order chi connectivity index (χ1) is 9.79. The summed E-state index contributed by atoms with van der Waals surface area (Å²) in [6.07, 6.45) is 0. The Balaban J connectivity index is 2.07. The van der Waals surface area contributed by atoms with Gasteiger partial charge in [0.25, 0.3) is 0 Å². The highest BCUT2D eigenvalue weighted by Gasteiger charge is 2.05. The summed E-state index contributed by atoms with van der Waals surface area (Å²) in [6, 6.07) is 17.1. The second-order valence-electron chi connectivity index (χ2n) is 3.94. The number of amides is 1. The van der Waals surface area contributed by atoms with Crippen molar-refractivity contribution in [2.75, 3.05) is 5.32 Å². The molecule has 0 aliphatic rings. The van der Waals surface area contributed by atoms with Gasteiger partial charge in [-0.25, -0.2) is 0 Å². The summed E-state index contributed by atoms with van der Waals surface area (Å²) >= 11 is 2.89. The van der Waals surface area contributed by atoms with Crippen LogP contribution in [-0.4, -0.2) is 5.91 Å². The molecule has 0 heterocycles. The van der Waals surface area contributed by atoms with Crippen LogP contribution in [0.15, 0.2) is 54.6 Å². The lowest BCUT2D eigenvalue weighted by atomic mass is 10.2. The number of para-hydroxylation sites is 2. The number of halogens is 1. The van der Waals surface area contributed by atoms with Crippen molar-refractivity contribution in [2.24, 2.45) is 0 Å². The first-order valence-corrected chi connectivity index (χ1v) is 6.77. The van der Waals surface area contributed by atoms with E-state index in [1.165, 1.54) is 0 Å². The summed E-state index contributed by atoms with van der Waals surface area (Å²) < 4.78 is 5.73. The number of hydrogen-bond acceptors (Lipinski definition) is 2. The van der Waals surface area contributed by atoms with E-state index >= 15 is 0 Å². The molecule has 100 valence electrons. The number of rotatable bonds is 4. The van der Waals surface area contributed by atoms with Crippen molar-refractivity contribution in [3.8, 4) is 16.5 Å². The highest BCUT2D eigenvalue weighted by atomic mass is 79.9. The molecule has 0 radical (unpaired) electrons. The summed E-state index contributed by atoms with van der Waals surface area (Å²) in [5, 5.41) is 2.68. The molecular weight excluding hydrogens is 318 g/mol. The van der Waals surface area contributed by atoms with Crippen molar-refractivity contribution in [2.45, 2.75) is 6.61 Å². The number of anilines is 1. The van der Waals surface area contributed by atoms with Crippen LogP contribution in [0.25, 0.3) is 0 Å². The number of carbonyl (C=O) groups excluding carboxylic acids is 1. The third kappa shape index (κ3) is 4.15. The van der Waals surface area contributed by atoms with E-state index in [1.54, 1.807) is 12.1 Å². The summed E-state index contributed by atoms with van der Waals surface area (Å²) in [4.78, 5) is 13.8. The molecule has 0 saturated carbocycles. The lowest BCUT2D eigenvalue weighted by molar-refractivity contribution is -0.111. The van der Waals surface area contributed by atoms with Crippen molar-refractivity contribution in [1.29, 1.82) is 0 Å². The first-order valence-electron chi connectivity index (χ1n) is 5.98. The maximum absolute atomic E-state index is 11.5. The van der Waals surface area contributed by atoms with Crippen LogP contribution in [0.1, 0.15) is 5.56 Å². The van der Waals surface area contributed by atoms with Gasteiger partial charge in [-0.15, -0.1) is 0 Å². The van der Waals surface area contributed by atoms with E-state index in [2.05, 4.69) is 32.0 Å². The van der Waals surface area contributed by atoms with E-state index in [1.807, 2.05) is 42.5 Å². The minimum Gasteiger partial charge on any atom is -0.487 e. The normalized spacial score (nSPS) is 9.25. The molecule has 0 atom stereocenters. The number of benzene rings is 2. The largest absolute Gasteiger partial charge is 0.487 e. The molecule has 0 fully saturated rings. The van der Waals surface area contributed by atoms with Gasteiger partial charge >= 0.3 is 5.91 Å². The van der Waals surface area contributed by atoms with Gasteiger partial charge in [0.2, 0.25) is 0 Å². The lowest BCUT2D eigenvalue weighted by Gasteiger charge is -2.11. The van der Waals surface area contributed by atoms with Gasteiger partial charge in [0.05, 0.1) is 5.69 Å². The number of ether oxygens (including phenoxy) is 1. The number of carbonyl (C=O) groups is 1. The Morgan fingerprint density at radius 2 is 1.80 bits per heavy atom. The highest BCUT2D eigenvalue weighted by molar-refractivity contribution is 9.12. The minimum absolute atomic E-state index is 0.391. The molecule has 0 aromatic heterocycles. The van der Waals surface area contributed by atoms with Crippen LogP contribution in [0.4, 0.5) is 5.69 Å². The molecule has 0 bridgehead atoms. The molecule has 0 aliphatic heterocycles. The number of hydrogen-bond donors (Lipinski definition) is 1. The molecule has 4 heteroatoms. The van der Waals surface area contributed by atoms with Crippen LogP contribution in [0.3, 0.4) is 0 Å². The van der Waals surface area contributed by atoms with Gasteiger partial charge in [0, 0.05) is 21.9 Å². The van der Waals surface area contributed by atoms with Gasteiger partial charge in [-0.05, 0) is 22.5 Å². The molecule has 2 rings (SSSR count). The summed E-state index contributed by atoms with van der Waals surface area (Å²) in [6.45, 7) is 0.442. The third-order valence-corrected chi connectivity index (χ3v) is 2.73. The van der Waals surface area contributed by atoms with Crippen LogP contribution < -0.4 is 10.1 Å². The maximum atomic E-state index is 11.5. The molecule has 2 aromatic carbocycles. The van der Waals surface area contributed by atoms with Gasteiger partial charge in [-0.3, -0.25) is 4.79 Å². The van der Waals surface area contributed by atoms with Crippen molar-refractivity contribution in [3.63, 3.8) is 0 Å². The Hall–Kier alpha value is -2.25. The van der Waals surface area contributed by atoms with E-state index in [4.69, 9.17) is 4.74 Å². The number of nitrogens with one attached hydrogen (secondary N) is 1. The topological polar surface area (TPSA) is 38.3 Å². The lowest BCUT2D eigenvalue weighted by Crippen LogP contribution is -2.09. The fraction of sp³-hybridized carbons (Fsp3) is 0.0625. The molecule has 2 aromatic rings. The molecule has 1 amide bonds. The first kappa shape index (κ1) is 14.2. The Kier molecular flexibility index (Phi) is 5.22. The van der Waals surface area contributed by atoms with Gasteiger partial charge in [0.1, 0.15) is 12.4 Å². The SMILES string of the molecule is O=C(C#CBr)Nc1ccccc1OCc1ccccc1.